The average molecular weight is 224 g/mol. The van der Waals surface area contributed by atoms with Gasteiger partial charge in [0.2, 0.25) is 0 Å². The Morgan fingerprint density at radius 2 is 2.00 bits per heavy atom. The minimum Gasteiger partial charge on any atom is -0.316 e. The van der Waals surface area contributed by atoms with Crippen LogP contribution in [-0.2, 0) is 0 Å². The second-order valence-electron chi connectivity index (χ2n) is 5.56. The fourth-order valence-electron chi connectivity index (χ4n) is 3.40. The van der Waals surface area contributed by atoms with Crippen molar-refractivity contribution in [3.8, 4) is 0 Å². The Morgan fingerprint density at radius 3 is 2.88 bits per heavy atom. The van der Waals surface area contributed by atoms with Crippen molar-refractivity contribution in [1.29, 1.82) is 0 Å². The largest absolute Gasteiger partial charge is 0.316 e. The molecule has 2 heterocycles. The number of rotatable bonds is 5. The maximum atomic E-state index is 3.66. The van der Waals surface area contributed by atoms with Gasteiger partial charge in [0.1, 0.15) is 0 Å². The van der Waals surface area contributed by atoms with Gasteiger partial charge < -0.3 is 10.2 Å². The minimum atomic E-state index is 0.914. The van der Waals surface area contributed by atoms with E-state index in [1.807, 2.05) is 0 Å². The molecule has 2 heteroatoms. The number of hydrogen-bond acceptors (Lipinski definition) is 2. The second kappa shape index (κ2) is 6.61. The van der Waals surface area contributed by atoms with Crippen molar-refractivity contribution in [1.82, 2.24) is 10.2 Å². The zero-order chi connectivity index (χ0) is 11.2. The molecule has 2 atom stereocenters. The van der Waals surface area contributed by atoms with Gasteiger partial charge in [0.05, 0.1) is 0 Å². The lowest BCUT2D eigenvalue weighted by Crippen LogP contribution is -2.50. The summed E-state index contributed by atoms with van der Waals surface area (Å²) in [5.74, 6) is 0.936. The van der Waals surface area contributed by atoms with Crippen LogP contribution in [0.1, 0.15) is 51.9 Å². The Labute approximate surface area is 101 Å². The van der Waals surface area contributed by atoms with E-state index in [9.17, 15) is 0 Å². The van der Waals surface area contributed by atoms with Crippen molar-refractivity contribution in [2.75, 3.05) is 26.2 Å². The minimum absolute atomic E-state index is 0.914. The fraction of sp³-hybridized carbons (Fsp3) is 1.00. The van der Waals surface area contributed by atoms with Gasteiger partial charge in [-0.25, -0.2) is 0 Å². The van der Waals surface area contributed by atoms with Crippen LogP contribution in [0.5, 0.6) is 0 Å². The average Bonchev–Trinajstić information content (AvgIpc) is 2.35. The number of fused-ring (bicyclic) bond motifs is 1. The normalized spacial score (nSPS) is 31.3. The number of nitrogens with one attached hydrogen (secondary N) is 1. The zero-order valence-corrected chi connectivity index (χ0v) is 10.9. The quantitative estimate of drug-likeness (QED) is 0.722. The van der Waals surface area contributed by atoms with Crippen molar-refractivity contribution in [3.05, 3.63) is 0 Å². The molecule has 1 unspecified atom stereocenters. The summed E-state index contributed by atoms with van der Waals surface area (Å²) in [6.07, 6.45) is 9.89. The van der Waals surface area contributed by atoms with E-state index < -0.39 is 0 Å². The summed E-state index contributed by atoms with van der Waals surface area (Å²) in [6.45, 7) is 7.50. The highest BCUT2D eigenvalue weighted by Gasteiger charge is 2.32. The van der Waals surface area contributed by atoms with Crippen molar-refractivity contribution in [2.45, 2.75) is 57.9 Å². The van der Waals surface area contributed by atoms with Crippen LogP contribution in [0.4, 0.5) is 0 Å². The van der Waals surface area contributed by atoms with Gasteiger partial charge in [0.25, 0.3) is 0 Å². The number of nitrogens with zero attached hydrogens (tertiary/aromatic N) is 1. The monoisotopic (exact) mass is 224 g/mol. The first-order valence-corrected chi connectivity index (χ1v) is 7.36. The molecule has 94 valence electrons. The van der Waals surface area contributed by atoms with E-state index in [1.54, 1.807) is 0 Å². The van der Waals surface area contributed by atoms with E-state index in [4.69, 9.17) is 0 Å². The SMILES string of the molecule is CCCCNC[C@@H]1CCCN2CCCCC12. The molecule has 2 fully saturated rings. The van der Waals surface area contributed by atoms with Gasteiger partial charge in [-0.2, -0.15) is 0 Å². The summed E-state index contributed by atoms with van der Waals surface area (Å²) in [6, 6.07) is 0.914. The lowest BCUT2D eigenvalue weighted by molar-refractivity contribution is 0.0595. The second-order valence-corrected chi connectivity index (χ2v) is 5.56. The van der Waals surface area contributed by atoms with E-state index in [0.29, 0.717) is 0 Å². The van der Waals surface area contributed by atoms with Crippen LogP contribution in [0.15, 0.2) is 0 Å². The smallest absolute Gasteiger partial charge is 0.0136 e. The highest BCUT2D eigenvalue weighted by Crippen LogP contribution is 2.30. The fourth-order valence-corrected chi connectivity index (χ4v) is 3.40. The molecule has 0 amide bonds. The summed E-state index contributed by atoms with van der Waals surface area (Å²) in [7, 11) is 0. The van der Waals surface area contributed by atoms with Crippen molar-refractivity contribution < 1.29 is 0 Å². The van der Waals surface area contributed by atoms with Crippen LogP contribution >= 0.6 is 0 Å². The van der Waals surface area contributed by atoms with E-state index in [1.165, 1.54) is 71.1 Å². The van der Waals surface area contributed by atoms with Gasteiger partial charge in [0.15, 0.2) is 0 Å². The van der Waals surface area contributed by atoms with Gasteiger partial charge in [-0.15, -0.1) is 0 Å². The molecule has 2 nitrogen and oxygen atoms in total. The van der Waals surface area contributed by atoms with Gasteiger partial charge in [-0.3, -0.25) is 0 Å². The Hall–Kier alpha value is -0.0800. The molecule has 0 spiro atoms. The van der Waals surface area contributed by atoms with E-state index in [2.05, 4.69) is 17.1 Å². The molecule has 0 aliphatic carbocycles. The third kappa shape index (κ3) is 3.21. The van der Waals surface area contributed by atoms with Gasteiger partial charge >= 0.3 is 0 Å². The first-order valence-electron chi connectivity index (χ1n) is 7.36. The van der Waals surface area contributed by atoms with Crippen LogP contribution in [-0.4, -0.2) is 37.1 Å². The summed E-state index contributed by atoms with van der Waals surface area (Å²) in [5.41, 5.74) is 0. The van der Waals surface area contributed by atoms with Gasteiger partial charge in [0, 0.05) is 6.04 Å². The predicted octanol–water partition coefficient (Wildman–Crippen LogP) is 2.64. The molecule has 0 aromatic rings. The predicted molar refractivity (Wildman–Crippen MR) is 69.7 cm³/mol. The summed E-state index contributed by atoms with van der Waals surface area (Å²) in [4.78, 5) is 2.76. The number of unbranched alkanes of at least 4 members (excludes halogenated alkanes) is 1. The molecule has 0 aromatic heterocycles. The van der Waals surface area contributed by atoms with Crippen molar-refractivity contribution >= 4 is 0 Å². The Bertz CT molecular complexity index is 191. The van der Waals surface area contributed by atoms with Crippen LogP contribution < -0.4 is 5.32 Å². The Morgan fingerprint density at radius 1 is 1.12 bits per heavy atom. The standard InChI is InChI=1S/C14H28N2/c1-2-3-9-15-12-13-7-6-11-16-10-5-4-8-14(13)16/h13-15H,2-12H2,1H3/t13-,14?/m0/s1. The molecular formula is C14H28N2. The number of hydrogen-bond donors (Lipinski definition) is 1. The topological polar surface area (TPSA) is 15.3 Å². The zero-order valence-electron chi connectivity index (χ0n) is 10.9. The molecule has 1 N–H and O–H groups in total. The molecule has 2 saturated heterocycles. The highest BCUT2D eigenvalue weighted by molar-refractivity contribution is 4.87. The van der Waals surface area contributed by atoms with Crippen LogP contribution in [0.25, 0.3) is 0 Å². The van der Waals surface area contributed by atoms with E-state index >= 15 is 0 Å². The van der Waals surface area contributed by atoms with Crippen molar-refractivity contribution in [3.63, 3.8) is 0 Å². The van der Waals surface area contributed by atoms with Gasteiger partial charge in [-0.05, 0) is 64.2 Å². The molecule has 0 bridgehead atoms. The van der Waals surface area contributed by atoms with Crippen LogP contribution in [0.3, 0.4) is 0 Å². The van der Waals surface area contributed by atoms with Gasteiger partial charge in [-0.1, -0.05) is 19.8 Å². The Balaban J connectivity index is 1.74. The molecule has 2 aliphatic heterocycles. The summed E-state index contributed by atoms with van der Waals surface area (Å²) in [5, 5.41) is 3.66. The van der Waals surface area contributed by atoms with E-state index in [0.717, 1.165) is 12.0 Å². The summed E-state index contributed by atoms with van der Waals surface area (Å²) < 4.78 is 0. The molecule has 2 rings (SSSR count). The first-order chi connectivity index (χ1) is 7.92. The molecular weight excluding hydrogens is 196 g/mol. The Kier molecular flexibility index (Phi) is 5.11. The lowest BCUT2D eigenvalue weighted by Gasteiger charge is -2.44. The molecule has 0 aromatic carbocycles. The van der Waals surface area contributed by atoms with Crippen LogP contribution in [0.2, 0.25) is 0 Å². The highest BCUT2D eigenvalue weighted by atomic mass is 15.2. The molecule has 16 heavy (non-hydrogen) atoms. The first kappa shape index (κ1) is 12.4. The maximum Gasteiger partial charge on any atom is 0.0136 e. The third-order valence-corrected chi connectivity index (χ3v) is 4.34. The third-order valence-electron chi connectivity index (χ3n) is 4.34. The van der Waals surface area contributed by atoms with Crippen molar-refractivity contribution in [2.24, 2.45) is 5.92 Å². The number of piperidine rings is 2. The van der Waals surface area contributed by atoms with E-state index in [-0.39, 0.29) is 0 Å². The molecule has 0 saturated carbocycles. The maximum absolute atomic E-state index is 3.66. The van der Waals surface area contributed by atoms with Crippen LogP contribution in [0, 0.1) is 5.92 Å². The lowest BCUT2D eigenvalue weighted by atomic mass is 9.83. The molecule has 2 aliphatic rings. The summed E-state index contributed by atoms with van der Waals surface area (Å²) >= 11 is 0. The molecule has 0 radical (unpaired) electrons.